The lowest BCUT2D eigenvalue weighted by Crippen LogP contribution is -2.51. The molecule has 2 N–H and O–H groups in total. The lowest BCUT2D eigenvalue weighted by Gasteiger charge is -2.40. The van der Waals surface area contributed by atoms with Gasteiger partial charge in [-0.3, -0.25) is 14.4 Å². The zero-order valence-electron chi connectivity index (χ0n) is 15.8. The lowest BCUT2D eigenvalue weighted by molar-refractivity contribution is -0.154. The summed E-state index contributed by atoms with van der Waals surface area (Å²) in [6, 6.07) is 0.192. The average molecular weight is 364 g/mol. The summed E-state index contributed by atoms with van der Waals surface area (Å²) >= 11 is 0. The van der Waals surface area contributed by atoms with Gasteiger partial charge in [-0.05, 0) is 58.3 Å². The highest BCUT2D eigenvalue weighted by molar-refractivity contribution is 5.81. The molecule has 0 aromatic heterocycles. The van der Waals surface area contributed by atoms with Gasteiger partial charge in [-0.2, -0.15) is 0 Å². The third-order valence-electron chi connectivity index (χ3n) is 6.67. The summed E-state index contributed by atoms with van der Waals surface area (Å²) in [5.74, 6) is -0.334. The van der Waals surface area contributed by atoms with E-state index >= 15 is 0 Å². The van der Waals surface area contributed by atoms with E-state index in [1.54, 1.807) is 11.8 Å². The number of hydrogen-bond acceptors (Lipinski definition) is 3. The van der Waals surface area contributed by atoms with Crippen molar-refractivity contribution in [1.82, 2.24) is 10.2 Å². The number of hydrogen-bond donors (Lipinski definition) is 2. The number of carbonyl (C=O) groups excluding carboxylic acids is 2. The van der Waals surface area contributed by atoms with Crippen LogP contribution < -0.4 is 5.32 Å². The Hall–Kier alpha value is -1.59. The zero-order chi connectivity index (χ0) is 18.7. The molecule has 0 aromatic carbocycles. The van der Waals surface area contributed by atoms with E-state index in [4.69, 9.17) is 0 Å². The fraction of sp³-hybridized carbons (Fsp3) is 0.850. The molecule has 1 unspecified atom stereocenters. The molecular weight excluding hydrogens is 332 g/mol. The summed E-state index contributed by atoms with van der Waals surface area (Å²) < 4.78 is 0. The molecule has 3 fully saturated rings. The van der Waals surface area contributed by atoms with E-state index in [-0.39, 0.29) is 29.7 Å². The number of carboxylic acids is 1. The van der Waals surface area contributed by atoms with Crippen LogP contribution in [0.15, 0.2) is 0 Å². The van der Waals surface area contributed by atoms with Gasteiger partial charge >= 0.3 is 5.97 Å². The van der Waals surface area contributed by atoms with E-state index in [1.807, 2.05) is 0 Å². The normalized spacial score (nSPS) is 33.0. The van der Waals surface area contributed by atoms with Gasteiger partial charge in [0.25, 0.3) is 0 Å². The van der Waals surface area contributed by atoms with Gasteiger partial charge in [0.1, 0.15) is 0 Å². The number of nitrogens with one attached hydrogen (secondary N) is 1. The first-order valence-electron chi connectivity index (χ1n) is 10.2. The number of rotatable bonds is 4. The molecule has 2 amide bonds. The van der Waals surface area contributed by atoms with Gasteiger partial charge < -0.3 is 15.3 Å². The lowest BCUT2D eigenvalue weighted by atomic mass is 9.80. The molecule has 6 heteroatoms. The molecule has 1 atom stereocenters. The van der Waals surface area contributed by atoms with Crippen molar-refractivity contribution in [1.29, 1.82) is 0 Å². The van der Waals surface area contributed by atoms with E-state index in [1.165, 1.54) is 0 Å². The number of piperidine rings is 1. The summed E-state index contributed by atoms with van der Waals surface area (Å²) in [7, 11) is 0. The summed E-state index contributed by atoms with van der Waals surface area (Å²) in [6.07, 6.45) is 8.98. The molecule has 3 rings (SSSR count). The van der Waals surface area contributed by atoms with Crippen LogP contribution >= 0.6 is 0 Å². The van der Waals surface area contributed by atoms with Crippen molar-refractivity contribution in [2.45, 2.75) is 77.2 Å². The summed E-state index contributed by atoms with van der Waals surface area (Å²) in [5.41, 5.74) is -0.819. The number of likely N-dealkylation sites (tertiary alicyclic amines) is 1. The Morgan fingerprint density at radius 2 is 1.62 bits per heavy atom. The molecule has 1 saturated heterocycles. The number of carbonyl (C=O) groups is 3. The molecule has 1 aliphatic heterocycles. The number of amides is 2. The third kappa shape index (κ3) is 4.21. The van der Waals surface area contributed by atoms with Crippen molar-refractivity contribution in [3.63, 3.8) is 0 Å². The average Bonchev–Trinajstić information content (AvgIpc) is 3.16. The molecule has 6 nitrogen and oxygen atoms in total. The first-order valence-corrected chi connectivity index (χ1v) is 10.2. The second kappa shape index (κ2) is 7.97. The predicted octanol–water partition coefficient (Wildman–Crippen LogP) is 2.56. The van der Waals surface area contributed by atoms with Crippen LogP contribution in [0.1, 0.15) is 71.1 Å². The number of nitrogens with zero attached hydrogens (tertiary/aromatic N) is 1. The predicted molar refractivity (Wildman–Crippen MR) is 97.4 cm³/mol. The van der Waals surface area contributed by atoms with Gasteiger partial charge in [0, 0.05) is 31.0 Å². The van der Waals surface area contributed by atoms with Crippen LogP contribution in [0.3, 0.4) is 0 Å². The highest BCUT2D eigenvalue weighted by atomic mass is 16.4. The SMILES string of the molecule is CC1(C(=O)O)CCCN(C(=O)C2CCC(NC(=O)C3CCCC3)CC2)C1. The van der Waals surface area contributed by atoms with Crippen molar-refractivity contribution in [2.75, 3.05) is 13.1 Å². The maximum absolute atomic E-state index is 12.8. The fourth-order valence-electron chi connectivity index (χ4n) is 4.85. The first-order chi connectivity index (χ1) is 12.4. The van der Waals surface area contributed by atoms with Crippen LogP contribution in [0.25, 0.3) is 0 Å². The highest BCUT2D eigenvalue weighted by Gasteiger charge is 2.41. The van der Waals surface area contributed by atoms with Gasteiger partial charge in [0.2, 0.25) is 11.8 Å². The van der Waals surface area contributed by atoms with E-state index in [9.17, 15) is 19.5 Å². The minimum atomic E-state index is -0.819. The second-order valence-corrected chi connectivity index (χ2v) is 8.77. The molecule has 0 spiro atoms. The molecule has 146 valence electrons. The molecule has 3 aliphatic rings. The Bertz CT molecular complexity index is 550. The second-order valence-electron chi connectivity index (χ2n) is 8.77. The van der Waals surface area contributed by atoms with E-state index < -0.39 is 11.4 Å². The van der Waals surface area contributed by atoms with Crippen LogP contribution in [-0.2, 0) is 14.4 Å². The first kappa shape index (κ1) is 19.2. The zero-order valence-corrected chi connectivity index (χ0v) is 15.8. The molecule has 2 aliphatic carbocycles. The summed E-state index contributed by atoms with van der Waals surface area (Å²) in [6.45, 7) is 2.73. The number of carboxylic acid groups (broad SMARTS) is 1. The minimum absolute atomic E-state index is 0.0224. The molecule has 0 bridgehead atoms. The maximum atomic E-state index is 12.8. The standard InChI is InChI=1S/C20H32N2O4/c1-20(19(25)26)11-4-12-22(13-20)18(24)15-7-9-16(10-8-15)21-17(23)14-5-2-3-6-14/h14-16H,2-13H2,1H3,(H,21,23)(H,25,26). The molecule has 0 aromatic rings. The quantitative estimate of drug-likeness (QED) is 0.803. The Labute approximate surface area is 155 Å². The Morgan fingerprint density at radius 1 is 0.962 bits per heavy atom. The topological polar surface area (TPSA) is 86.7 Å². The van der Waals surface area contributed by atoms with Crippen molar-refractivity contribution in [3.8, 4) is 0 Å². The van der Waals surface area contributed by atoms with E-state index in [0.717, 1.165) is 57.8 Å². The van der Waals surface area contributed by atoms with Crippen LogP contribution in [0.2, 0.25) is 0 Å². The molecule has 2 saturated carbocycles. The van der Waals surface area contributed by atoms with Crippen LogP contribution in [0.5, 0.6) is 0 Å². The van der Waals surface area contributed by atoms with Gasteiger partial charge in [0.15, 0.2) is 0 Å². The van der Waals surface area contributed by atoms with Crippen molar-refractivity contribution in [2.24, 2.45) is 17.3 Å². The minimum Gasteiger partial charge on any atom is -0.481 e. The van der Waals surface area contributed by atoms with Crippen LogP contribution in [-0.4, -0.2) is 46.9 Å². The van der Waals surface area contributed by atoms with Gasteiger partial charge in [-0.15, -0.1) is 0 Å². The van der Waals surface area contributed by atoms with E-state index in [0.29, 0.717) is 19.5 Å². The van der Waals surface area contributed by atoms with Gasteiger partial charge in [-0.1, -0.05) is 12.8 Å². The molecule has 1 heterocycles. The molecule has 26 heavy (non-hydrogen) atoms. The number of aliphatic carboxylic acids is 1. The van der Waals surface area contributed by atoms with E-state index in [2.05, 4.69) is 5.32 Å². The summed E-state index contributed by atoms with van der Waals surface area (Å²) in [4.78, 5) is 38.4. The van der Waals surface area contributed by atoms with Crippen molar-refractivity contribution < 1.29 is 19.5 Å². The van der Waals surface area contributed by atoms with Gasteiger partial charge in [0.05, 0.1) is 5.41 Å². The van der Waals surface area contributed by atoms with Gasteiger partial charge in [-0.25, -0.2) is 0 Å². The summed E-state index contributed by atoms with van der Waals surface area (Å²) in [5, 5.41) is 12.6. The monoisotopic (exact) mass is 364 g/mol. The van der Waals surface area contributed by atoms with Crippen molar-refractivity contribution >= 4 is 17.8 Å². The largest absolute Gasteiger partial charge is 0.481 e. The van der Waals surface area contributed by atoms with Crippen molar-refractivity contribution in [3.05, 3.63) is 0 Å². The highest BCUT2D eigenvalue weighted by Crippen LogP contribution is 2.33. The Balaban J connectivity index is 1.47. The van der Waals surface area contributed by atoms with Crippen LogP contribution in [0.4, 0.5) is 0 Å². The Morgan fingerprint density at radius 3 is 2.23 bits per heavy atom. The van der Waals surface area contributed by atoms with Crippen LogP contribution in [0, 0.1) is 17.3 Å². The smallest absolute Gasteiger partial charge is 0.311 e. The Kier molecular flexibility index (Phi) is 5.88. The third-order valence-corrected chi connectivity index (χ3v) is 6.67. The molecule has 0 radical (unpaired) electrons. The fourth-order valence-corrected chi connectivity index (χ4v) is 4.85. The molecular formula is C20H32N2O4. The maximum Gasteiger partial charge on any atom is 0.311 e.